The number of fused-ring (bicyclic) bond motifs is 1. The van der Waals surface area contributed by atoms with E-state index in [0.717, 1.165) is 23.6 Å². The maximum atomic E-state index is 6.26. The van der Waals surface area contributed by atoms with Crippen LogP contribution >= 0.6 is 0 Å². The number of hydrogen-bond acceptors (Lipinski definition) is 4. The molecule has 0 aliphatic heterocycles. The quantitative estimate of drug-likeness (QED) is 0.769. The highest BCUT2D eigenvalue weighted by molar-refractivity contribution is 5.73. The lowest BCUT2D eigenvalue weighted by Crippen LogP contribution is -2.14. The van der Waals surface area contributed by atoms with E-state index in [9.17, 15) is 0 Å². The van der Waals surface area contributed by atoms with Gasteiger partial charge in [0.15, 0.2) is 5.65 Å². The lowest BCUT2D eigenvalue weighted by atomic mass is 10.1. The van der Waals surface area contributed by atoms with Gasteiger partial charge in [-0.3, -0.25) is 0 Å². The van der Waals surface area contributed by atoms with Gasteiger partial charge in [-0.15, -0.1) is 0 Å². The summed E-state index contributed by atoms with van der Waals surface area (Å²) in [6.45, 7) is 0. The van der Waals surface area contributed by atoms with Gasteiger partial charge in [-0.25, -0.2) is 9.97 Å². The second-order valence-corrected chi connectivity index (χ2v) is 5.35. The zero-order valence-electron chi connectivity index (χ0n) is 12.2. The molecule has 1 atom stereocenters. The van der Waals surface area contributed by atoms with Crippen LogP contribution in [0.3, 0.4) is 0 Å². The van der Waals surface area contributed by atoms with Crippen molar-refractivity contribution < 1.29 is 0 Å². The molecule has 21 heavy (non-hydrogen) atoms. The van der Waals surface area contributed by atoms with Gasteiger partial charge in [-0.05, 0) is 24.1 Å². The van der Waals surface area contributed by atoms with E-state index in [0.29, 0.717) is 5.65 Å². The van der Waals surface area contributed by atoms with Crippen molar-refractivity contribution in [1.82, 2.24) is 15.0 Å². The first kappa shape index (κ1) is 13.6. The Morgan fingerprint density at radius 3 is 2.57 bits per heavy atom. The largest absolute Gasteiger partial charge is 0.363 e. The molecule has 1 unspecified atom stereocenters. The van der Waals surface area contributed by atoms with Crippen molar-refractivity contribution >= 4 is 17.0 Å². The van der Waals surface area contributed by atoms with Gasteiger partial charge in [-0.1, -0.05) is 30.3 Å². The summed E-state index contributed by atoms with van der Waals surface area (Å²) in [6.07, 6.45) is 0.751. The molecule has 2 aromatic heterocycles. The summed E-state index contributed by atoms with van der Waals surface area (Å²) < 4.78 is 0. The van der Waals surface area contributed by atoms with Crippen molar-refractivity contribution in [2.45, 2.75) is 12.5 Å². The van der Waals surface area contributed by atoms with Crippen molar-refractivity contribution in [3.05, 3.63) is 53.9 Å². The lowest BCUT2D eigenvalue weighted by Gasteiger charge is -2.09. The average Bonchev–Trinajstić information content (AvgIpc) is 2.91. The lowest BCUT2D eigenvalue weighted by molar-refractivity contribution is 0.680. The van der Waals surface area contributed by atoms with Gasteiger partial charge in [0.2, 0.25) is 0 Å². The summed E-state index contributed by atoms with van der Waals surface area (Å²) in [5.74, 6) is 1.66. The van der Waals surface area contributed by atoms with Crippen molar-refractivity contribution in [1.29, 1.82) is 0 Å². The SMILES string of the molecule is CN(C)c1ccc2[nH]c(C(N)Cc3ccccc3)nc2n1. The molecular weight excluding hydrogens is 262 g/mol. The summed E-state index contributed by atoms with van der Waals surface area (Å²) in [7, 11) is 3.92. The predicted octanol–water partition coefficient (Wildman–Crippen LogP) is 2.27. The molecule has 5 heteroatoms. The molecule has 0 saturated carbocycles. The van der Waals surface area contributed by atoms with Gasteiger partial charge < -0.3 is 15.6 Å². The molecule has 108 valence electrons. The summed E-state index contributed by atoms with van der Waals surface area (Å²) in [5, 5.41) is 0. The highest BCUT2D eigenvalue weighted by Gasteiger charge is 2.13. The van der Waals surface area contributed by atoms with Crippen LogP contribution in [0.1, 0.15) is 17.4 Å². The number of imidazole rings is 1. The molecule has 3 N–H and O–H groups in total. The topological polar surface area (TPSA) is 70.8 Å². The Morgan fingerprint density at radius 1 is 1.10 bits per heavy atom. The normalized spacial score (nSPS) is 12.5. The highest BCUT2D eigenvalue weighted by Crippen LogP contribution is 2.19. The number of rotatable bonds is 4. The fraction of sp³-hybridized carbons (Fsp3) is 0.250. The standard InChI is InChI=1S/C16H19N5/c1-21(2)14-9-8-13-16(19-14)20-15(18-13)12(17)10-11-6-4-3-5-7-11/h3-9,12H,10,17H2,1-2H3,(H,18,19,20). The Kier molecular flexibility index (Phi) is 3.58. The zero-order chi connectivity index (χ0) is 14.8. The minimum absolute atomic E-state index is 0.163. The van der Waals surface area contributed by atoms with Crippen LogP contribution in [0.15, 0.2) is 42.5 Å². The fourth-order valence-corrected chi connectivity index (χ4v) is 2.29. The summed E-state index contributed by atoms with van der Waals surface area (Å²) in [6, 6.07) is 14.0. The van der Waals surface area contributed by atoms with Gasteiger partial charge in [-0.2, -0.15) is 0 Å². The number of aromatic amines is 1. The minimum Gasteiger partial charge on any atom is -0.363 e. The number of nitrogens with one attached hydrogen (secondary N) is 1. The van der Waals surface area contributed by atoms with E-state index in [1.807, 2.05) is 49.3 Å². The molecule has 3 rings (SSSR count). The van der Waals surface area contributed by atoms with E-state index >= 15 is 0 Å². The van der Waals surface area contributed by atoms with Crippen LogP contribution in [0.5, 0.6) is 0 Å². The fourth-order valence-electron chi connectivity index (χ4n) is 2.29. The van der Waals surface area contributed by atoms with Crippen LogP contribution in [0, 0.1) is 0 Å². The van der Waals surface area contributed by atoms with Crippen LogP contribution in [-0.2, 0) is 6.42 Å². The predicted molar refractivity (Wildman–Crippen MR) is 85.3 cm³/mol. The molecule has 2 heterocycles. The van der Waals surface area contributed by atoms with Crippen LogP contribution in [-0.4, -0.2) is 29.0 Å². The molecule has 5 nitrogen and oxygen atoms in total. The second kappa shape index (κ2) is 5.54. The molecule has 3 aromatic rings. The van der Waals surface area contributed by atoms with E-state index in [-0.39, 0.29) is 6.04 Å². The Labute approximate surface area is 123 Å². The Balaban J connectivity index is 1.86. The smallest absolute Gasteiger partial charge is 0.179 e. The van der Waals surface area contributed by atoms with Crippen LogP contribution in [0.2, 0.25) is 0 Å². The summed E-state index contributed by atoms with van der Waals surface area (Å²) in [4.78, 5) is 14.3. The Morgan fingerprint density at radius 2 is 1.86 bits per heavy atom. The molecule has 0 saturated heterocycles. The molecule has 0 bridgehead atoms. The van der Waals surface area contributed by atoms with Gasteiger partial charge in [0.05, 0.1) is 11.6 Å². The number of aromatic nitrogens is 3. The number of anilines is 1. The third kappa shape index (κ3) is 2.87. The summed E-state index contributed by atoms with van der Waals surface area (Å²) >= 11 is 0. The van der Waals surface area contributed by atoms with E-state index < -0.39 is 0 Å². The zero-order valence-corrected chi connectivity index (χ0v) is 12.2. The van der Waals surface area contributed by atoms with Crippen molar-refractivity contribution in [2.24, 2.45) is 5.73 Å². The van der Waals surface area contributed by atoms with Crippen molar-refractivity contribution in [3.8, 4) is 0 Å². The molecular formula is C16H19N5. The van der Waals surface area contributed by atoms with Crippen LogP contribution in [0.4, 0.5) is 5.82 Å². The maximum Gasteiger partial charge on any atom is 0.179 e. The third-order valence-electron chi connectivity index (χ3n) is 3.46. The Hall–Kier alpha value is -2.40. The first-order valence-electron chi connectivity index (χ1n) is 6.97. The number of hydrogen-bond donors (Lipinski definition) is 2. The minimum atomic E-state index is -0.163. The number of nitrogens with zero attached hydrogens (tertiary/aromatic N) is 3. The molecule has 0 fully saturated rings. The van der Waals surface area contributed by atoms with Gasteiger partial charge in [0, 0.05) is 14.1 Å². The van der Waals surface area contributed by atoms with E-state index in [1.165, 1.54) is 5.56 Å². The van der Waals surface area contributed by atoms with Crippen molar-refractivity contribution in [2.75, 3.05) is 19.0 Å². The first-order valence-corrected chi connectivity index (χ1v) is 6.97. The maximum absolute atomic E-state index is 6.26. The first-order chi connectivity index (χ1) is 10.1. The van der Waals surface area contributed by atoms with E-state index in [4.69, 9.17) is 5.73 Å². The van der Waals surface area contributed by atoms with Gasteiger partial charge in [0.1, 0.15) is 11.6 Å². The van der Waals surface area contributed by atoms with Crippen molar-refractivity contribution in [3.63, 3.8) is 0 Å². The van der Waals surface area contributed by atoms with Crippen LogP contribution < -0.4 is 10.6 Å². The number of nitrogens with two attached hydrogens (primary N) is 1. The van der Waals surface area contributed by atoms with Gasteiger partial charge >= 0.3 is 0 Å². The molecule has 0 radical (unpaired) electrons. The third-order valence-corrected chi connectivity index (χ3v) is 3.46. The molecule has 0 aliphatic rings. The number of H-pyrrole nitrogens is 1. The molecule has 1 aromatic carbocycles. The molecule has 0 spiro atoms. The number of benzene rings is 1. The van der Waals surface area contributed by atoms with E-state index in [1.54, 1.807) is 0 Å². The number of pyridine rings is 1. The van der Waals surface area contributed by atoms with Crippen LogP contribution in [0.25, 0.3) is 11.2 Å². The molecule has 0 aliphatic carbocycles. The van der Waals surface area contributed by atoms with E-state index in [2.05, 4.69) is 27.1 Å². The Bertz CT molecular complexity index is 733. The van der Waals surface area contributed by atoms with Gasteiger partial charge in [0.25, 0.3) is 0 Å². The average molecular weight is 281 g/mol. The highest BCUT2D eigenvalue weighted by atomic mass is 15.2. The monoisotopic (exact) mass is 281 g/mol. The second-order valence-electron chi connectivity index (χ2n) is 5.35. The molecule has 0 amide bonds. The summed E-state index contributed by atoms with van der Waals surface area (Å²) in [5.41, 5.74) is 9.08.